The van der Waals surface area contributed by atoms with Gasteiger partial charge in [-0.15, -0.1) is 0 Å². The molecular formula is C42H85NO3. The minimum Gasteiger partial charge on any atom is -0.393 e. The van der Waals surface area contributed by atoms with Gasteiger partial charge in [-0.3, -0.25) is 0 Å². The number of hydrogen-bond donors (Lipinski definition) is 0. The summed E-state index contributed by atoms with van der Waals surface area (Å²) in [5, 5.41) is 4.52. The minimum atomic E-state index is 0.272. The molecule has 0 atom stereocenters. The average Bonchev–Trinajstić information content (AvgIpc) is 3.06. The molecule has 0 amide bonds. The molecule has 0 unspecified atom stereocenters. The predicted molar refractivity (Wildman–Crippen MR) is 204 cm³/mol. The van der Waals surface area contributed by atoms with Crippen LogP contribution in [0.25, 0.3) is 0 Å². The Bertz CT molecular complexity index is 547. The van der Waals surface area contributed by atoms with Crippen molar-refractivity contribution in [3.8, 4) is 0 Å². The van der Waals surface area contributed by atoms with Crippen LogP contribution in [0, 0.1) is 0 Å². The van der Waals surface area contributed by atoms with Crippen LogP contribution in [0.1, 0.15) is 233 Å². The van der Waals surface area contributed by atoms with Crippen molar-refractivity contribution >= 4 is 5.71 Å². The zero-order valence-corrected chi connectivity index (χ0v) is 32.2. The highest BCUT2D eigenvalue weighted by Crippen LogP contribution is 2.19. The molecule has 0 N–H and O–H groups in total. The van der Waals surface area contributed by atoms with Gasteiger partial charge in [0.15, 0.2) is 0 Å². The number of methoxy groups -OCH3 is 1. The van der Waals surface area contributed by atoms with Gasteiger partial charge in [-0.2, -0.15) is 0 Å². The van der Waals surface area contributed by atoms with Crippen molar-refractivity contribution < 1.29 is 14.3 Å². The topological polar surface area (TPSA) is 40.0 Å². The quantitative estimate of drug-likeness (QED) is 0.0376. The van der Waals surface area contributed by atoms with Gasteiger partial charge in [0.25, 0.3) is 0 Å². The van der Waals surface area contributed by atoms with E-state index in [1.54, 1.807) is 7.11 Å². The van der Waals surface area contributed by atoms with Gasteiger partial charge in [0.1, 0.15) is 6.10 Å². The van der Waals surface area contributed by atoms with Crippen LogP contribution < -0.4 is 0 Å². The number of ether oxygens (including phenoxy) is 2. The molecule has 0 aliphatic rings. The van der Waals surface area contributed by atoms with Crippen molar-refractivity contribution in [2.75, 3.05) is 26.9 Å². The first-order valence-corrected chi connectivity index (χ1v) is 21.0. The van der Waals surface area contributed by atoms with Gasteiger partial charge in [0, 0.05) is 13.5 Å². The average molecular weight is 652 g/mol. The maximum Gasteiger partial charge on any atom is 0.127 e. The molecule has 0 radical (unpaired) electrons. The Morgan fingerprint density at radius 2 is 0.761 bits per heavy atom. The van der Waals surface area contributed by atoms with Crippen LogP contribution in [-0.4, -0.2) is 38.7 Å². The van der Waals surface area contributed by atoms with Crippen molar-refractivity contribution in [3.05, 3.63) is 0 Å². The molecule has 4 heteroatoms. The fraction of sp³-hybridized carbons (Fsp3) is 0.976. The minimum absolute atomic E-state index is 0.272. The summed E-state index contributed by atoms with van der Waals surface area (Å²) in [7, 11) is 1.71. The SMILES string of the molecule is CCCCCCCCCCCCCCCCCC(CCCCCCCCCCCCCCCCC)O/N=C(/C)CCOCCOC. The summed E-state index contributed by atoms with van der Waals surface area (Å²) >= 11 is 0. The maximum absolute atomic E-state index is 6.13. The Morgan fingerprint density at radius 1 is 0.435 bits per heavy atom. The number of oxime groups is 1. The second-order valence-electron chi connectivity index (χ2n) is 14.4. The van der Waals surface area contributed by atoms with Crippen LogP contribution in [-0.2, 0) is 14.3 Å². The normalized spacial score (nSPS) is 12.1. The van der Waals surface area contributed by atoms with Gasteiger partial charge in [0.05, 0.1) is 25.5 Å². The Balaban J connectivity index is 3.99. The third-order valence-electron chi connectivity index (χ3n) is 9.66. The van der Waals surface area contributed by atoms with E-state index in [2.05, 4.69) is 25.9 Å². The van der Waals surface area contributed by atoms with Gasteiger partial charge >= 0.3 is 0 Å². The fourth-order valence-electron chi connectivity index (χ4n) is 6.41. The van der Waals surface area contributed by atoms with Crippen LogP contribution in [0.3, 0.4) is 0 Å². The summed E-state index contributed by atoms with van der Waals surface area (Å²) in [6.45, 7) is 8.65. The Morgan fingerprint density at radius 3 is 1.09 bits per heavy atom. The summed E-state index contributed by atoms with van der Waals surface area (Å²) in [6.07, 6.45) is 45.8. The second-order valence-corrected chi connectivity index (χ2v) is 14.4. The lowest BCUT2D eigenvalue weighted by Gasteiger charge is -2.16. The van der Waals surface area contributed by atoms with Gasteiger partial charge in [-0.25, -0.2) is 0 Å². The van der Waals surface area contributed by atoms with Crippen molar-refractivity contribution in [1.29, 1.82) is 0 Å². The largest absolute Gasteiger partial charge is 0.393 e. The summed E-state index contributed by atoms with van der Waals surface area (Å²) in [6, 6.07) is 0. The third kappa shape index (κ3) is 37.8. The fourth-order valence-corrected chi connectivity index (χ4v) is 6.41. The zero-order valence-electron chi connectivity index (χ0n) is 32.2. The lowest BCUT2D eigenvalue weighted by molar-refractivity contribution is 0.0413. The monoisotopic (exact) mass is 652 g/mol. The van der Waals surface area contributed by atoms with Crippen LogP contribution >= 0.6 is 0 Å². The van der Waals surface area contributed by atoms with E-state index in [0.29, 0.717) is 19.8 Å². The molecular weight excluding hydrogens is 566 g/mol. The van der Waals surface area contributed by atoms with E-state index < -0.39 is 0 Å². The van der Waals surface area contributed by atoms with Gasteiger partial charge in [-0.05, 0) is 32.6 Å². The molecule has 0 rings (SSSR count). The van der Waals surface area contributed by atoms with Crippen molar-refractivity contribution in [2.45, 2.75) is 239 Å². The number of hydrogen-bond acceptors (Lipinski definition) is 4. The summed E-state index contributed by atoms with van der Waals surface area (Å²) < 4.78 is 10.7. The van der Waals surface area contributed by atoms with E-state index in [-0.39, 0.29) is 6.10 Å². The number of nitrogens with zero attached hydrogens (tertiary/aromatic N) is 1. The molecule has 0 heterocycles. The molecule has 0 aromatic heterocycles. The lowest BCUT2D eigenvalue weighted by Crippen LogP contribution is -2.12. The van der Waals surface area contributed by atoms with Crippen molar-refractivity contribution in [2.24, 2.45) is 5.16 Å². The smallest absolute Gasteiger partial charge is 0.127 e. The van der Waals surface area contributed by atoms with Gasteiger partial charge in [-0.1, -0.05) is 199 Å². The first kappa shape index (κ1) is 45.4. The van der Waals surface area contributed by atoms with E-state index in [0.717, 1.165) is 25.0 Å². The number of unbranched alkanes of at least 4 members (excludes halogenated alkanes) is 28. The van der Waals surface area contributed by atoms with Gasteiger partial charge in [0.2, 0.25) is 0 Å². The zero-order chi connectivity index (χ0) is 33.4. The van der Waals surface area contributed by atoms with E-state index >= 15 is 0 Å². The first-order chi connectivity index (χ1) is 22.7. The first-order valence-electron chi connectivity index (χ1n) is 21.0. The van der Waals surface area contributed by atoms with Crippen molar-refractivity contribution in [3.63, 3.8) is 0 Å². The van der Waals surface area contributed by atoms with E-state index in [4.69, 9.17) is 14.3 Å². The van der Waals surface area contributed by atoms with E-state index in [1.165, 1.54) is 193 Å². The third-order valence-corrected chi connectivity index (χ3v) is 9.66. The summed E-state index contributed by atoms with van der Waals surface area (Å²) in [4.78, 5) is 6.13. The van der Waals surface area contributed by atoms with E-state index in [1.807, 2.05) is 0 Å². The van der Waals surface area contributed by atoms with Crippen LogP contribution in [0.2, 0.25) is 0 Å². The standard InChI is InChI=1S/C42H85NO3/c1-5-7-9-11-13-15-17-19-21-23-25-27-29-31-33-35-42(46-43-41(3)37-38-45-40-39-44-4)36-34-32-30-28-26-24-22-20-18-16-14-12-10-8-6-2/h42H,5-40H2,1-4H3/b43-41-. The molecule has 0 aliphatic carbocycles. The molecule has 276 valence electrons. The Hall–Kier alpha value is -0.610. The van der Waals surface area contributed by atoms with Crippen molar-refractivity contribution in [1.82, 2.24) is 0 Å². The highest BCUT2D eigenvalue weighted by Gasteiger charge is 2.10. The molecule has 0 aliphatic heterocycles. The summed E-state index contributed by atoms with van der Waals surface area (Å²) in [5.74, 6) is 0. The van der Waals surface area contributed by atoms with Crippen LogP contribution in [0.15, 0.2) is 5.16 Å². The second kappa shape index (κ2) is 40.6. The molecule has 0 bridgehead atoms. The molecule has 0 aromatic rings. The Labute approximate surface area is 290 Å². The van der Waals surface area contributed by atoms with Crippen LogP contribution in [0.5, 0.6) is 0 Å². The molecule has 4 nitrogen and oxygen atoms in total. The van der Waals surface area contributed by atoms with Crippen LogP contribution in [0.4, 0.5) is 0 Å². The molecule has 46 heavy (non-hydrogen) atoms. The van der Waals surface area contributed by atoms with Gasteiger partial charge < -0.3 is 14.3 Å². The highest BCUT2D eigenvalue weighted by molar-refractivity contribution is 5.81. The molecule has 0 saturated heterocycles. The highest BCUT2D eigenvalue weighted by atomic mass is 16.6. The maximum atomic E-state index is 6.13. The molecule has 0 saturated carbocycles. The molecule has 0 spiro atoms. The molecule has 0 fully saturated rings. The summed E-state index contributed by atoms with van der Waals surface area (Å²) in [5.41, 5.74) is 1.04. The predicted octanol–water partition coefficient (Wildman–Crippen LogP) is 14.3. The van der Waals surface area contributed by atoms with E-state index in [9.17, 15) is 0 Å². The molecule has 0 aromatic carbocycles. The Kier molecular flexibility index (Phi) is 40.0. The lowest BCUT2D eigenvalue weighted by atomic mass is 10.0. The number of rotatable bonds is 40.